The van der Waals surface area contributed by atoms with Gasteiger partial charge >= 0.3 is 6.18 Å². The van der Waals surface area contributed by atoms with Crippen molar-refractivity contribution in [3.05, 3.63) is 83.6 Å². The molecule has 0 aliphatic carbocycles. The van der Waals surface area contributed by atoms with Crippen LogP contribution >= 0.6 is 0 Å². The van der Waals surface area contributed by atoms with Crippen molar-refractivity contribution in [2.45, 2.75) is 12.7 Å². The van der Waals surface area contributed by atoms with E-state index in [1.54, 1.807) is 18.2 Å². The van der Waals surface area contributed by atoms with Crippen molar-refractivity contribution in [2.24, 2.45) is 0 Å². The highest BCUT2D eigenvalue weighted by Crippen LogP contribution is 2.31. The molecule has 1 heterocycles. The predicted octanol–water partition coefficient (Wildman–Crippen LogP) is 4.31. The summed E-state index contributed by atoms with van der Waals surface area (Å²) >= 11 is 0. The first-order valence-corrected chi connectivity index (χ1v) is 8.11. The van der Waals surface area contributed by atoms with E-state index in [0.717, 1.165) is 12.1 Å². The molecule has 0 saturated carbocycles. The second-order valence-electron chi connectivity index (χ2n) is 5.76. The lowest BCUT2D eigenvalue weighted by molar-refractivity contribution is -0.137. The molecule has 0 bridgehead atoms. The van der Waals surface area contributed by atoms with Gasteiger partial charge in [-0.25, -0.2) is 14.4 Å². The van der Waals surface area contributed by atoms with Crippen LogP contribution in [-0.4, -0.2) is 15.9 Å². The highest BCUT2D eigenvalue weighted by molar-refractivity contribution is 5.92. The van der Waals surface area contributed by atoms with E-state index in [2.05, 4.69) is 20.6 Å². The lowest BCUT2D eigenvalue weighted by atomic mass is 10.2. The van der Waals surface area contributed by atoms with Gasteiger partial charge in [-0.3, -0.25) is 4.79 Å². The van der Waals surface area contributed by atoms with Crippen molar-refractivity contribution >= 4 is 17.4 Å². The second kappa shape index (κ2) is 8.03. The lowest BCUT2D eigenvalue weighted by Crippen LogP contribution is -2.24. The van der Waals surface area contributed by atoms with Gasteiger partial charge in [-0.2, -0.15) is 13.2 Å². The largest absolute Gasteiger partial charge is 0.416 e. The van der Waals surface area contributed by atoms with Crippen LogP contribution in [-0.2, 0) is 12.7 Å². The number of carbonyl (C=O) groups is 1. The Hall–Kier alpha value is -3.49. The first kappa shape index (κ1) is 19.3. The molecule has 0 unspecified atom stereocenters. The summed E-state index contributed by atoms with van der Waals surface area (Å²) in [6.07, 6.45) is -2.06. The first-order chi connectivity index (χ1) is 13.3. The normalized spacial score (nSPS) is 11.1. The number of hydrogen-bond acceptors (Lipinski definition) is 4. The fraction of sp³-hybridized carbons (Fsp3) is 0.105. The van der Waals surface area contributed by atoms with Crippen LogP contribution in [0.25, 0.3) is 0 Å². The van der Waals surface area contributed by atoms with E-state index in [0.29, 0.717) is 5.56 Å². The van der Waals surface area contributed by atoms with E-state index in [9.17, 15) is 22.4 Å². The number of halogens is 4. The van der Waals surface area contributed by atoms with Crippen LogP contribution in [0.15, 0.2) is 60.9 Å². The monoisotopic (exact) mass is 390 g/mol. The maximum atomic E-state index is 13.5. The summed E-state index contributed by atoms with van der Waals surface area (Å²) in [6, 6.07) is 10.6. The molecule has 0 aliphatic rings. The number of aromatic nitrogens is 2. The van der Waals surface area contributed by atoms with Gasteiger partial charge in [-0.15, -0.1) is 0 Å². The molecule has 144 valence electrons. The Kier molecular flexibility index (Phi) is 5.53. The number of nitrogens with zero attached hydrogens (tertiary/aromatic N) is 2. The Morgan fingerprint density at radius 1 is 1.00 bits per heavy atom. The number of amides is 1. The molecule has 0 fully saturated rings. The Morgan fingerprint density at radius 2 is 1.79 bits per heavy atom. The third-order valence-corrected chi connectivity index (χ3v) is 3.74. The molecule has 1 amide bonds. The van der Waals surface area contributed by atoms with Gasteiger partial charge in [0.25, 0.3) is 5.91 Å². The SMILES string of the molecule is O=C(NCc1ccccc1F)c1cnc(Nc2cccc(C(F)(F)F)c2)cn1. The molecule has 0 radical (unpaired) electrons. The average Bonchev–Trinajstić information content (AvgIpc) is 2.67. The van der Waals surface area contributed by atoms with Crippen molar-refractivity contribution in [2.75, 3.05) is 5.32 Å². The van der Waals surface area contributed by atoms with Crippen molar-refractivity contribution in [1.82, 2.24) is 15.3 Å². The second-order valence-corrected chi connectivity index (χ2v) is 5.76. The van der Waals surface area contributed by atoms with Gasteiger partial charge in [-0.05, 0) is 24.3 Å². The third-order valence-electron chi connectivity index (χ3n) is 3.74. The number of anilines is 2. The summed E-state index contributed by atoms with van der Waals surface area (Å²) in [5, 5.41) is 5.22. The van der Waals surface area contributed by atoms with E-state index in [1.165, 1.54) is 30.6 Å². The fourth-order valence-corrected chi connectivity index (χ4v) is 2.34. The van der Waals surface area contributed by atoms with Gasteiger partial charge < -0.3 is 10.6 Å². The van der Waals surface area contributed by atoms with Gasteiger partial charge in [0.05, 0.1) is 18.0 Å². The molecule has 3 rings (SSSR count). The Morgan fingerprint density at radius 3 is 2.46 bits per heavy atom. The number of alkyl halides is 3. The number of carbonyl (C=O) groups excluding carboxylic acids is 1. The molecular formula is C19H14F4N4O. The minimum Gasteiger partial charge on any atom is -0.346 e. The van der Waals surface area contributed by atoms with Gasteiger partial charge in [0.15, 0.2) is 0 Å². The van der Waals surface area contributed by atoms with E-state index < -0.39 is 23.5 Å². The maximum Gasteiger partial charge on any atom is 0.416 e. The van der Waals surface area contributed by atoms with Gasteiger partial charge in [0.2, 0.25) is 0 Å². The average molecular weight is 390 g/mol. The predicted molar refractivity (Wildman–Crippen MR) is 94.3 cm³/mol. The zero-order valence-electron chi connectivity index (χ0n) is 14.3. The molecule has 0 saturated heterocycles. The smallest absolute Gasteiger partial charge is 0.346 e. The lowest BCUT2D eigenvalue weighted by Gasteiger charge is -2.10. The van der Waals surface area contributed by atoms with Crippen LogP contribution in [0.5, 0.6) is 0 Å². The summed E-state index contributed by atoms with van der Waals surface area (Å²) in [4.78, 5) is 20.0. The molecule has 0 aliphatic heterocycles. The topological polar surface area (TPSA) is 66.9 Å². The van der Waals surface area contributed by atoms with Crippen LogP contribution < -0.4 is 10.6 Å². The van der Waals surface area contributed by atoms with E-state index in [4.69, 9.17) is 0 Å². The number of hydrogen-bond donors (Lipinski definition) is 2. The highest BCUT2D eigenvalue weighted by atomic mass is 19.4. The highest BCUT2D eigenvalue weighted by Gasteiger charge is 2.30. The summed E-state index contributed by atoms with van der Waals surface area (Å²) < 4.78 is 51.8. The number of nitrogens with one attached hydrogen (secondary N) is 2. The van der Waals surface area contributed by atoms with Gasteiger partial charge in [0, 0.05) is 17.8 Å². The van der Waals surface area contributed by atoms with Crippen molar-refractivity contribution < 1.29 is 22.4 Å². The molecule has 3 aromatic rings. The quantitative estimate of drug-likeness (QED) is 0.638. The summed E-state index contributed by atoms with van der Waals surface area (Å²) in [7, 11) is 0. The van der Waals surface area contributed by atoms with Crippen molar-refractivity contribution in [3.63, 3.8) is 0 Å². The molecule has 28 heavy (non-hydrogen) atoms. The molecule has 5 nitrogen and oxygen atoms in total. The molecule has 0 atom stereocenters. The van der Waals surface area contributed by atoms with E-state index in [1.807, 2.05) is 0 Å². The summed E-state index contributed by atoms with van der Waals surface area (Å²) in [6.45, 7) is -0.0164. The third kappa shape index (κ3) is 4.81. The molecular weight excluding hydrogens is 376 g/mol. The number of benzene rings is 2. The van der Waals surface area contributed by atoms with Crippen molar-refractivity contribution in [1.29, 1.82) is 0 Å². The minimum absolute atomic E-state index is 0.00840. The van der Waals surface area contributed by atoms with Crippen LogP contribution in [0.3, 0.4) is 0 Å². The molecule has 2 N–H and O–H groups in total. The van der Waals surface area contributed by atoms with Crippen LogP contribution in [0.4, 0.5) is 29.1 Å². The Labute approximate surface area is 157 Å². The fourth-order valence-electron chi connectivity index (χ4n) is 2.34. The van der Waals surface area contributed by atoms with Crippen molar-refractivity contribution in [3.8, 4) is 0 Å². The van der Waals surface area contributed by atoms with Gasteiger partial charge in [-0.1, -0.05) is 24.3 Å². The van der Waals surface area contributed by atoms with E-state index >= 15 is 0 Å². The Bertz CT molecular complexity index is 974. The molecule has 2 aromatic carbocycles. The molecule has 1 aromatic heterocycles. The summed E-state index contributed by atoms with van der Waals surface area (Å²) in [5.74, 6) is -0.819. The molecule has 0 spiro atoms. The van der Waals surface area contributed by atoms with Crippen LogP contribution in [0.2, 0.25) is 0 Å². The Balaban J connectivity index is 1.63. The zero-order valence-corrected chi connectivity index (χ0v) is 14.3. The number of rotatable bonds is 5. The molecule has 9 heteroatoms. The summed E-state index contributed by atoms with van der Waals surface area (Å²) in [5.41, 5.74) is -0.298. The standard InChI is InChI=1S/C19H14F4N4O/c20-15-7-2-1-4-12(15)9-26-18(28)16-10-25-17(11-24-16)27-14-6-3-5-13(8-14)19(21,22)23/h1-8,10-11H,9H2,(H,25,27)(H,26,28). The first-order valence-electron chi connectivity index (χ1n) is 8.11. The van der Waals surface area contributed by atoms with E-state index in [-0.39, 0.29) is 23.7 Å². The van der Waals surface area contributed by atoms with Gasteiger partial charge in [0.1, 0.15) is 17.3 Å². The zero-order chi connectivity index (χ0) is 20.1. The minimum atomic E-state index is -4.45. The van der Waals surface area contributed by atoms with Crippen LogP contribution in [0.1, 0.15) is 21.6 Å². The van der Waals surface area contributed by atoms with Crippen LogP contribution in [0, 0.1) is 5.82 Å². The maximum absolute atomic E-state index is 13.5.